The highest BCUT2D eigenvalue weighted by Gasteiger charge is 2.26. The first-order chi connectivity index (χ1) is 8.58. The number of primary amides is 1. The summed E-state index contributed by atoms with van der Waals surface area (Å²) in [5, 5.41) is 0. The SMILES string of the molecule is NC(=O)C1CCN(C(=O)c2cccc(I)c2)CC1. The molecule has 2 rings (SSSR count). The summed E-state index contributed by atoms with van der Waals surface area (Å²) >= 11 is 2.19. The zero-order chi connectivity index (χ0) is 13.1. The Bertz CT molecular complexity index is 468. The summed E-state index contributed by atoms with van der Waals surface area (Å²) in [5.41, 5.74) is 5.98. The van der Waals surface area contributed by atoms with Gasteiger partial charge in [-0.1, -0.05) is 6.07 Å². The highest BCUT2D eigenvalue weighted by molar-refractivity contribution is 14.1. The molecule has 0 unspecified atom stereocenters. The Morgan fingerprint density at radius 3 is 2.50 bits per heavy atom. The number of hydrogen-bond acceptors (Lipinski definition) is 2. The van der Waals surface area contributed by atoms with E-state index in [4.69, 9.17) is 5.73 Å². The van der Waals surface area contributed by atoms with E-state index in [2.05, 4.69) is 22.6 Å². The number of piperidine rings is 1. The van der Waals surface area contributed by atoms with Crippen LogP contribution in [0.1, 0.15) is 23.2 Å². The van der Waals surface area contributed by atoms with Crippen molar-refractivity contribution in [1.82, 2.24) is 4.90 Å². The van der Waals surface area contributed by atoms with Crippen LogP contribution in [-0.4, -0.2) is 29.8 Å². The van der Waals surface area contributed by atoms with Crippen LogP contribution < -0.4 is 5.73 Å². The van der Waals surface area contributed by atoms with E-state index in [1.165, 1.54) is 0 Å². The predicted octanol–water partition coefficient (Wildman–Crippen LogP) is 1.63. The Labute approximate surface area is 120 Å². The highest BCUT2D eigenvalue weighted by atomic mass is 127. The minimum atomic E-state index is -0.253. The number of amides is 2. The Kier molecular flexibility index (Phi) is 4.21. The van der Waals surface area contributed by atoms with Gasteiger partial charge in [-0.2, -0.15) is 0 Å². The summed E-state index contributed by atoms with van der Waals surface area (Å²) in [6.45, 7) is 1.22. The summed E-state index contributed by atoms with van der Waals surface area (Å²) in [5.74, 6) is -0.294. The predicted molar refractivity (Wildman–Crippen MR) is 77.0 cm³/mol. The van der Waals surface area contributed by atoms with Crippen LogP contribution in [0.2, 0.25) is 0 Å². The smallest absolute Gasteiger partial charge is 0.253 e. The molecule has 2 N–H and O–H groups in total. The second-order valence-electron chi connectivity index (χ2n) is 4.48. The Morgan fingerprint density at radius 2 is 1.94 bits per heavy atom. The monoisotopic (exact) mass is 358 g/mol. The summed E-state index contributed by atoms with van der Waals surface area (Å²) in [6.07, 6.45) is 1.34. The first kappa shape index (κ1) is 13.3. The number of carbonyl (C=O) groups is 2. The molecule has 18 heavy (non-hydrogen) atoms. The minimum absolute atomic E-state index is 0.0384. The van der Waals surface area contributed by atoms with E-state index in [9.17, 15) is 9.59 Å². The Hall–Kier alpha value is -1.11. The number of rotatable bonds is 2. The molecule has 96 valence electrons. The average Bonchev–Trinajstić information content (AvgIpc) is 2.38. The molecule has 0 atom stereocenters. The van der Waals surface area contributed by atoms with Crippen molar-refractivity contribution in [3.8, 4) is 0 Å². The molecule has 0 bridgehead atoms. The van der Waals surface area contributed by atoms with Gasteiger partial charge in [0.05, 0.1) is 0 Å². The van der Waals surface area contributed by atoms with Crippen LogP contribution in [0.4, 0.5) is 0 Å². The highest BCUT2D eigenvalue weighted by Crippen LogP contribution is 2.19. The lowest BCUT2D eigenvalue weighted by Gasteiger charge is -2.30. The van der Waals surface area contributed by atoms with E-state index >= 15 is 0 Å². The summed E-state index contributed by atoms with van der Waals surface area (Å²) in [4.78, 5) is 25.1. The zero-order valence-corrected chi connectivity index (χ0v) is 12.1. The topological polar surface area (TPSA) is 63.4 Å². The second-order valence-corrected chi connectivity index (χ2v) is 5.72. The molecule has 1 heterocycles. The maximum Gasteiger partial charge on any atom is 0.253 e. The molecule has 0 aliphatic carbocycles. The van der Waals surface area contributed by atoms with Crippen molar-refractivity contribution in [2.45, 2.75) is 12.8 Å². The molecular weight excluding hydrogens is 343 g/mol. The van der Waals surface area contributed by atoms with Gasteiger partial charge in [-0.25, -0.2) is 0 Å². The Morgan fingerprint density at radius 1 is 1.28 bits per heavy atom. The number of nitrogens with two attached hydrogens (primary N) is 1. The van der Waals surface area contributed by atoms with Crippen molar-refractivity contribution in [3.05, 3.63) is 33.4 Å². The van der Waals surface area contributed by atoms with Crippen molar-refractivity contribution < 1.29 is 9.59 Å². The van der Waals surface area contributed by atoms with Crippen molar-refractivity contribution in [1.29, 1.82) is 0 Å². The summed E-state index contributed by atoms with van der Waals surface area (Å²) in [7, 11) is 0. The van der Waals surface area contributed by atoms with Gasteiger partial charge in [-0.05, 0) is 53.6 Å². The number of benzene rings is 1. The van der Waals surface area contributed by atoms with Crippen LogP contribution in [0.3, 0.4) is 0 Å². The van der Waals surface area contributed by atoms with Crippen molar-refractivity contribution in [2.75, 3.05) is 13.1 Å². The zero-order valence-electron chi connectivity index (χ0n) is 9.93. The van der Waals surface area contributed by atoms with Gasteiger partial charge in [-0.15, -0.1) is 0 Å². The molecule has 0 saturated carbocycles. The maximum absolute atomic E-state index is 12.2. The van der Waals surface area contributed by atoms with Gasteiger partial charge in [0.15, 0.2) is 0 Å². The van der Waals surface area contributed by atoms with Crippen LogP contribution in [0, 0.1) is 9.49 Å². The minimum Gasteiger partial charge on any atom is -0.369 e. The van der Waals surface area contributed by atoms with Gasteiger partial charge in [0.1, 0.15) is 0 Å². The molecule has 1 saturated heterocycles. The van der Waals surface area contributed by atoms with Crippen LogP contribution >= 0.6 is 22.6 Å². The molecule has 1 aliphatic rings. The Balaban J connectivity index is 2.02. The lowest BCUT2D eigenvalue weighted by Crippen LogP contribution is -2.41. The number of nitrogens with zero attached hydrogens (tertiary/aromatic N) is 1. The molecule has 1 aromatic rings. The van der Waals surface area contributed by atoms with E-state index in [0.29, 0.717) is 31.5 Å². The van der Waals surface area contributed by atoms with Crippen molar-refractivity contribution in [2.24, 2.45) is 11.7 Å². The quantitative estimate of drug-likeness (QED) is 0.817. The van der Waals surface area contributed by atoms with Gasteiger partial charge in [-0.3, -0.25) is 9.59 Å². The summed E-state index contributed by atoms with van der Waals surface area (Å²) < 4.78 is 1.05. The third-order valence-corrected chi connectivity index (χ3v) is 3.93. The molecule has 4 nitrogen and oxygen atoms in total. The standard InChI is InChI=1S/C13H15IN2O2/c14-11-3-1-2-10(8-11)13(18)16-6-4-9(5-7-16)12(15)17/h1-3,8-9H,4-7H2,(H2,15,17). The molecule has 1 aliphatic heterocycles. The third kappa shape index (κ3) is 3.01. The van der Waals surface area contributed by atoms with Crippen LogP contribution in [0.25, 0.3) is 0 Å². The molecule has 2 amide bonds. The lowest BCUT2D eigenvalue weighted by molar-refractivity contribution is -0.123. The maximum atomic E-state index is 12.2. The van der Waals surface area contributed by atoms with E-state index in [-0.39, 0.29) is 17.7 Å². The van der Waals surface area contributed by atoms with E-state index in [1.807, 2.05) is 24.3 Å². The normalized spacial score (nSPS) is 16.6. The number of halogens is 1. The average molecular weight is 358 g/mol. The fourth-order valence-corrected chi connectivity index (χ4v) is 2.71. The fourth-order valence-electron chi connectivity index (χ4n) is 2.17. The van der Waals surface area contributed by atoms with Crippen LogP contribution in [0.5, 0.6) is 0 Å². The van der Waals surface area contributed by atoms with E-state index in [1.54, 1.807) is 4.90 Å². The van der Waals surface area contributed by atoms with E-state index < -0.39 is 0 Å². The molecule has 1 fully saturated rings. The summed E-state index contributed by atoms with van der Waals surface area (Å²) in [6, 6.07) is 7.54. The van der Waals surface area contributed by atoms with Gasteiger partial charge >= 0.3 is 0 Å². The first-order valence-electron chi connectivity index (χ1n) is 5.92. The number of carbonyl (C=O) groups excluding carboxylic acids is 2. The molecular formula is C13H15IN2O2. The number of hydrogen-bond donors (Lipinski definition) is 1. The fraction of sp³-hybridized carbons (Fsp3) is 0.385. The van der Waals surface area contributed by atoms with Crippen LogP contribution in [0.15, 0.2) is 24.3 Å². The van der Waals surface area contributed by atoms with Gasteiger partial charge in [0.2, 0.25) is 5.91 Å². The van der Waals surface area contributed by atoms with Crippen molar-refractivity contribution in [3.63, 3.8) is 0 Å². The molecule has 0 spiro atoms. The van der Waals surface area contributed by atoms with Gasteiger partial charge in [0.25, 0.3) is 5.91 Å². The van der Waals surface area contributed by atoms with Gasteiger partial charge < -0.3 is 10.6 Å². The molecule has 0 aromatic heterocycles. The second kappa shape index (κ2) is 5.69. The van der Waals surface area contributed by atoms with E-state index in [0.717, 1.165) is 3.57 Å². The van der Waals surface area contributed by atoms with Crippen molar-refractivity contribution >= 4 is 34.4 Å². The lowest BCUT2D eigenvalue weighted by atomic mass is 9.96. The van der Waals surface area contributed by atoms with Gasteiger partial charge in [0, 0.05) is 28.1 Å². The third-order valence-electron chi connectivity index (χ3n) is 3.26. The molecule has 5 heteroatoms. The molecule has 1 aromatic carbocycles. The first-order valence-corrected chi connectivity index (χ1v) is 7.00. The number of likely N-dealkylation sites (tertiary alicyclic amines) is 1. The molecule has 0 radical (unpaired) electrons. The van der Waals surface area contributed by atoms with Crippen LogP contribution in [-0.2, 0) is 4.79 Å². The largest absolute Gasteiger partial charge is 0.369 e.